The van der Waals surface area contributed by atoms with Gasteiger partial charge in [-0.3, -0.25) is 14.6 Å². The lowest BCUT2D eigenvalue weighted by molar-refractivity contribution is -0.129. The van der Waals surface area contributed by atoms with Crippen LogP contribution in [0.15, 0.2) is 48.5 Å². The van der Waals surface area contributed by atoms with E-state index in [1.807, 2.05) is 69.3 Å². The van der Waals surface area contributed by atoms with E-state index in [-0.39, 0.29) is 42.6 Å². The first-order chi connectivity index (χ1) is 17.6. The molecular weight excluding hydrogens is 472 g/mol. The zero-order chi connectivity index (χ0) is 26.6. The summed E-state index contributed by atoms with van der Waals surface area (Å²) in [6.07, 6.45) is 1.32. The molecule has 4 rings (SSSR count). The number of imide groups is 1. The highest BCUT2D eigenvalue weighted by atomic mass is 16.6. The smallest absolute Gasteiger partial charge is 0.407 e. The molecule has 0 atom stereocenters. The van der Waals surface area contributed by atoms with Gasteiger partial charge in [0.1, 0.15) is 11.9 Å². The van der Waals surface area contributed by atoms with Crippen LogP contribution in [0.4, 0.5) is 21.0 Å². The first kappa shape index (κ1) is 26.3. The van der Waals surface area contributed by atoms with Gasteiger partial charge in [0.2, 0.25) is 5.91 Å². The third-order valence-electron chi connectivity index (χ3n) is 6.53. The van der Waals surface area contributed by atoms with Crippen LogP contribution >= 0.6 is 0 Å². The van der Waals surface area contributed by atoms with Crippen molar-refractivity contribution in [1.29, 1.82) is 0 Å². The first-order valence-electron chi connectivity index (χ1n) is 12.7. The standard InChI is InChI=1S/C28H36N4O5/c1-28(2,3)29-26(34)37-24-13-16-30(17-14-24)21-7-9-22(10-8-21)31-18-15-25(33)32(27(31)35)19-20-5-11-23(36-4)12-6-20/h5-12,24H,13-19H2,1-4H3,(H,29,34). The summed E-state index contributed by atoms with van der Waals surface area (Å²) in [6.45, 7) is 7.91. The maximum Gasteiger partial charge on any atom is 0.407 e. The Bertz CT molecular complexity index is 1100. The van der Waals surface area contributed by atoms with Gasteiger partial charge in [-0.15, -0.1) is 0 Å². The number of ether oxygens (including phenoxy) is 2. The molecule has 0 aromatic heterocycles. The van der Waals surface area contributed by atoms with Crippen molar-refractivity contribution >= 4 is 29.4 Å². The molecule has 37 heavy (non-hydrogen) atoms. The third kappa shape index (κ3) is 6.72. The van der Waals surface area contributed by atoms with E-state index < -0.39 is 0 Å². The highest BCUT2D eigenvalue weighted by Crippen LogP contribution is 2.27. The number of hydrogen-bond donors (Lipinski definition) is 1. The molecule has 2 fully saturated rings. The summed E-state index contributed by atoms with van der Waals surface area (Å²) in [4.78, 5) is 43.0. The molecule has 4 amide bonds. The lowest BCUT2D eigenvalue weighted by Gasteiger charge is -2.35. The molecule has 2 aliphatic heterocycles. The predicted molar refractivity (Wildman–Crippen MR) is 142 cm³/mol. The molecule has 0 unspecified atom stereocenters. The third-order valence-corrected chi connectivity index (χ3v) is 6.53. The van der Waals surface area contributed by atoms with E-state index in [2.05, 4.69) is 10.2 Å². The van der Waals surface area contributed by atoms with Crippen LogP contribution in [0.25, 0.3) is 0 Å². The van der Waals surface area contributed by atoms with E-state index in [4.69, 9.17) is 9.47 Å². The van der Waals surface area contributed by atoms with Gasteiger partial charge in [0.05, 0.1) is 13.7 Å². The van der Waals surface area contributed by atoms with Crippen LogP contribution in [-0.2, 0) is 16.1 Å². The highest BCUT2D eigenvalue weighted by molar-refractivity contribution is 6.05. The molecule has 1 N–H and O–H groups in total. The maximum atomic E-state index is 13.2. The van der Waals surface area contributed by atoms with Gasteiger partial charge >= 0.3 is 12.1 Å². The summed E-state index contributed by atoms with van der Waals surface area (Å²) in [5, 5.41) is 2.84. The monoisotopic (exact) mass is 508 g/mol. The van der Waals surface area contributed by atoms with Crippen LogP contribution < -0.4 is 19.9 Å². The lowest BCUT2D eigenvalue weighted by Crippen LogP contribution is -2.52. The van der Waals surface area contributed by atoms with Crippen molar-refractivity contribution in [2.75, 3.05) is 36.5 Å². The van der Waals surface area contributed by atoms with Gasteiger partial charge in [-0.25, -0.2) is 9.59 Å². The number of amides is 4. The van der Waals surface area contributed by atoms with Crippen molar-refractivity contribution in [2.45, 2.75) is 58.2 Å². The number of benzene rings is 2. The van der Waals surface area contributed by atoms with Crippen molar-refractivity contribution < 1.29 is 23.9 Å². The normalized spacial score (nSPS) is 17.1. The number of carbonyl (C=O) groups excluding carboxylic acids is 3. The summed E-state index contributed by atoms with van der Waals surface area (Å²) >= 11 is 0. The van der Waals surface area contributed by atoms with Gasteiger partial charge in [-0.05, 0) is 62.7 Å². The zero-order valence-corrected chi connectivity index (χ0v) is 22.0. The number of nitrogens with zero attached hydrogens (tertiary/aromatic N) is 3. The van der Waals surface area contributed by atoms with E-state index in [0.29, 0.717) is 6.54 Å². The predicted octanol–water partition coefficient (Wildman–Crippen LogP) is 4.55. The molecule has 0 aliphatic carbocycles. The van der Waals surface area contributed by atoms with E-state index in [1.165, 1.54) is 4.90 Å². The molecule has 0 bridgehead atoms. The van der Waals surface area contributed by atoms with Crippen molar-refractivity contribution in [2.24, 2.45) is 0 Å². The van der Waals surface area contributed by atoms with Gasteiger partial charge in [0, 0.05) is 55.8 Å². The van der Waals surface area contributed by atoms with Crippen LogP contribution in [-0.4, -0.2) is 61.3 Å². The van der Waals surface area contributed by atoms with Gasteiger partial charge in [0.15, 0.2) is 0 Å². The Morgan fingerprint density at radius 3 is 2.16 bits per heavy atom. The summed E-state index contributed by atoms with van der Waals surface area (Å²) in [5.41, 5.74) is 2.35. The van der Waals surface area contributed by atoms with Crippen LogP contribution in [0.2, 0.25) is 0 Å². The summed E-state index contributed by atoms with van der Waals surface area (Å²) < 4.78 is 10.8. The van der Waals surface area contributed by atoms with Crippen LogP contribution in [0, 0.1) is 0 Å². The number of hydrogen-bond acceptors (Lipinski definition) is 6. The topological polar surface area (TPSA) is 91.4 Å². The number of piperidine rings is 1. The van der Waals surface area contributed by atoms with E-state index in [0.717, 1.165) is 48.6 Å². The maximum absolute atomic E-state index is 13.2. The van der Waals surface area contributed by atoms with Gasteiger partial charge < -0.3 is 19.7 Å². The van der Waals surface area contributed by atoms with Crippen LogP contribution in [0.3, 0.4) is 0 Å². The fourth-order valence-electron chi connectivity index (χ4n) is 4.56. The fourth-order valence-corrected chi connectivity index (χ4v) is 4.56. The van der Waals surface area contributed by atoms with Crippen molar-refractivity contribution in [1.82, 2.24) is 10.2 Å². The molecule has 2 aromatic rings. The number of urea groups is 1. The van der Waals surface area contributed by atoms with E-state index >= 15 is 0 Å². The Hall–Kier alpha value is -3.75. The second kappa shape index (κ2) is 11.1. The summed E-state index contributed by atoms with van der Waals surface area (Å²) in [6, 6.07) is 14.9. The van der Waals surface area contributed by atoms with Crippen molar-refractivity contribution in [3.8, 4) is 5.75 Å². The molecule has 0 spiro atoms. The average Bonchev–Trinajstić information content (AvgIpc) is 2.86. The molecule has 9 heteroatoms. The largest absolute Gasteiger partial charge is 0.497 e. The molecule has 2 aromatic carbocycles. The lowest BCUT2D eigenvalue weighted by atomic mass is 10.1. The SMILES string of the molecule is COc1ccc(CN2C(=O)CCN(c3ccc(N4CCC(OC(=O)NC(C)(C)C)CC4)cc3)C2=O)cc1. The molecule has 2 aliphatic rings. The van der Waals surface area contributed by atoms with Crippen molar-refractivity contribution in [3.63, 3.8) is 0 Å². The number of alkyl carbamates (subject to hydrolysis) is 1. The molecule has 0 saturated carbocycles. The molecule has 198 valence electrons. The fraction of sp³-hybridized carbons (Fsp3) is 0.464. The Morgan fingerprint density at radius 1 is 0.946 bits per heavy atom. The van der Waals surface area contributed by atoms with Crippen LogP contribution in [0.1, 0.15) is 45.6 Å². The van der Waals surface area contributed by atoms with Gasteiger partial charge in [-0.1, -0.05) is 12.1 Å². The van der Waals surface area contributed by atoms with Gasteiger partial charge in [-0.2, -0.15) is 0 Å². The molecule has 0 radical (unpaired) electrons. The molecule has 2 heterocycles. The van der Waals surface area contributed by atoms with Crippen molar-refractivity contribution in [3.05, 3.63) is 54.1 Å². The second-order valence-corrected chi connectivity index (χ2v) is 10.5. The number of methoxy groups -OCH3 is 1. The van der Waals surface area contributed by atoms with E-state index in [9.17, 15) is 14.4 Å². The Balaban J connectivity index is 1.34. The number of carbonyl (C=O) groups is 3. The molecule has 2 saturated heterocycles. The Morgan fingerprint density at radius 2 is 1.57 bits per heavy atom. The average molecular weight is 509 g/mol. The highest BCUT2D eigenvalue weighted by Gasteiger charge is 2.33. The summed E-state index contributed by atoms with van der Waals surface area (Å²) in [7, 11) is 1.60. The minimum Gasteiger partial charge on any atom is -0.497 e. The first-order valence-corrected chi connectivity index (χ1v) is 12.7. The van der Waals surface area contributed by atoms with Gasteiger partial charge in [0.25, 0.3) is 0 Å². The quantitative estimate of drug-likeness (QED) is 0.616. The molecular formula is C28H36N4O5. The second-order valence-electron chi connectivity index (χ2n) is 10.5. The Labute approximate surface area is 218 Å². The summed E-state index contributed by atoms with van der Waals surface area (Å²) in [5.74, 6) is 0.555. The number of anilines is 2. The minimum absolute atomic E-state index is 0.0990. The van der Waals surface area contributed by atoms with E-state index in [1.54, 1.807) is 12.0 Å². The minimum atomic E-state index is -0.374. The Kier molecular flexibility index (Phi) is 7.90. The number of nitrogens with one attached hydrogen (secondary N) is 1. The van der Waals surface area contributed by atoms with Crippen LogP contribution in [0.5, 0.6) is 5.75 Å². The zero-order valence-electron chi connectivity index (χ0n) is 22.0. The number of rotatable bonds is 6. The molecule has 9 nitrogen and oxygen atoms in total.